The van der Waals surface area contributed by atoms with Crippen LogP contribution in [0.3, 0.4) is 0 Å². The van der Waals surface area contributed by atoms with Crippen LogP contribution in [0.15, 0.2) is 67.0 Å². The van der Waals surface area contributed by atoms with Crippen molar-refractivity contribution in [2.24, 2.45) is 0 Å². The second-order valence-electron chi connectivity index (χ2n) is 5.93. The Labute approximate surface area is 144 Å². The molecule has 0 atom stereocenters. The minimum absolute atomic E-state index is 0.0693. The van der Waals surface area contributed by atoms with E-state index in [9.17, 15) is 9.18 Å². The molecule has 1 aliphatic rings. The lowest BCUT2D eigenvalue weighted by molar-refractivity contribution is 0.0989. The number of pyridine rings is 1. The lowest BCUT2D eigenvalue weighted by Gasteiger charge is -2.17. The number of halogens is 1. The Morgan fingerprint density at radius 3 is 2.68 bits per heavy atom. The molecule has 4 rings (SSSR count). The van der Waals surface area contributed by atoms with Gasteiger partial charge >= 0.3 is 0 Å². The summed E-state index contributed by atoms with van der Waals surface area (Å²) in [5.41, 5.74) is 4.09. The maximum atomic E-state index is 13.0. The highest BCUT2D eigenvalue weighted by Gasteiger charge is 2.25. The van der Waals surface area contributed by atoms with E-state index in [0.717, 1.165) is 17.8 Å². The van der Waals surface area contributed by atoms with Crippen LogP contribution in [0.4, 0.5) is 21.5 Å². The fourth-order valence-electron chi connectivity index (χ4n) is 3.03. The number of hydrogen-bond donors (Lipinski definition) is 1. The van der Waals surface area contributed by atoms with Gasteiger partial charge in [-0.1, -0.05) is 18.2 Å². The fraction of sp³-hybridized carbons (Fsp3) is 0.100. The zero-order valence-corrected chi connectivity index (χ0v) is 13.4. The second kappa shape index (κ2) is 6.36. The quantitative estimate of drug-likeness (QED) is 0.782. The van der Waals surface area contributed by atoms with E-state index in [-0.39, 0.29) is 11.7 Å². The average Bonchev–Trinajstić information content (AvgIpc) is 3.07. The van der Waals surface area contributed by atoms with Crippen LogP contribution in [0.1, 0.15) is 15.9 Å². The predicted octanol–water partition coefficient (Wildman–Crippen LogP) is 4.17. The highest BCUT2D eigenvalue weighted by atomic mass is 19.1. The molecule has 0 unspecified atom stereocenters. The van der Waals surface area contributed by atoms with Gasteiger partial charge in [-0.25, -0.2) is 4.39 Å². The van der Waals surface area contributed by atoms with Gasteiger partial charge in [0.05, 0.1) is 17.4 Å². The van der Waals surface area contributed by atoms with Gasteiger partial charge in [-0.05, 0) is 48.4 Å². The molecule has 2 heterocycles. The van der Waals surface area contributed by atoms with E-state index in [1.807, 2.05) is 24.3 Å². The number of carbonyl (C=O) groups is 1. The number of carbonyl (C=O) groups excluding carboxylic acids is 1. The van der Waals surface area contributed by atoms with Crippen LogP contribution < -0.4 is 10.2 Å². The summed E-state index contributed by atoms with van der Waals surface area (Å²) in [7, 11) is 0. The molecule has 5 heteroatoms. The third-order valence-electron chi connectivity index (χ3n) is 4.25. The minimum Gasteiger partial charge on any atom is -0.354 e. The van der Waals surface area contributed by atoms with Gasteiger partial charge in [-0.2, -0.15) is 0 Å². The van der Waals surface area contributed by atoms with Crippen LogP contribution >= 0.6 is 0 Å². The van der Waals surface area contributed by atoms with E-state index in [1.165, 1.54) is 17.7 Å². The van der Waals surface area contributed by atoms with Crippen molar-refractivity contribution >= 4 is 23.0 Å². The number of nitrogens with zero attached hydrogens (tertiary/aromatic N) is 2. The van der Waals surface area contributed by atoms with Crippen molar-refractivity contribution in [3.63, 3.8) is 0 Å². The van der Waals surface area contributed by atoms with Crippen LogP contribution in [0.25, 0.3) is 0 Å². The lowest BCUT2D eigenvalue weighted by atomic mass is 10.2. The lowest BCUT2D eigenvalue weighted by Crippen LogP contribution is -2.29. The van der Waals surface area contributed by atoms with Crippen LogP contribution in [-0.4, -0.2) is 17.4 Å². The molecule has 25 heavy (non-hydrogen) atoms. The first-order valence-electron chi connectivity index (χ1n) is 8.08. The summed E-state index contributed by atoms with van der Waals surface area (Å²) in [6, 6.07) is 15.7. The second-order valence-corrected chi connectivity index (χ2v) is 5.93. The van der Waals surface area contributed by atoms with Crippen molar-refractivity contribution in [2.75, 3.05) is 16.8 Å². The maximum absolute atomic E-state index is 13.0. The highest BCUT2D eigenvalue weighted by Crippen LogP contribution is 2.29. The predicted molar refractivity (Wildman–Crippen MR) is 95.7 cm³/mol. The standard InChI is InChI=1S/C20H16FN3O/c21-16-5-7-17(8-6-16)23-18-11-15(12-22-13-18)20(25)24-10-9-14-3-1-2-4-19(14)24/h1-8,11-13,23H,9-10H2. The summed E-state index contributed by atoms with van der Waals surface area (Å²) in [6.07, 6.45) is 4.07. The SMILES string of the molecule is O=C(c1cncc(Nc2ccc(F)cc2)c1)N1CCc2ccccc21. The third-order valence-corrected chi connectivity index (χ3v) is 4.25. The van der Waals surface area contributed by atoms with Crippen molar-refractivity contribution in [2.45, 2.75) is 6.42 Å². The smallest absolute Gasteiger partial charge is 0.259 e. The van der Waals surface area contributed by atoms with Crippen LogP contribution in [0.2, 0.25) is 0 Å². The number of aromatic nitrogens is 1. The van der Waals surface area contributed by atoms with Crippen molar-refractivity contribution in [3.05, 3.63) is 83.9 Å². The van der Waals surface area contributed by atoms with E-state index < -0.39 is 0 Å². The number of nitrogens with one attached hydrogen (secondary N) is 1. The summed E-state index contributed by atoms with van der Waals surface area (Å²) in [4.78, 5) is 18.8. The van der Waals surface area contributed by atoms with Crippen LogP contribution in [0, 0.1) is 5.82 Å². The molecular formula is C20H16FN3O. The summed E-state index contributed by atoms with van der Waals surface area (Å²) in [6.45, 7) is 0.674. The molecule has 0 fully saturated rings. The molecule has 1 amide bonds. The van der Waals surface area contributed by atoms with Crippen LogP contribution in [0.5, 0.6) is 0 Å². The Kier molecular flexibility index (Phi) is 3.90. The molecule has 1 aromatic heterocycles. The fourth-order valence-corrected chi connectivity index (χ4v) is 3.03. The van der Waals surface area contributed by atoms with Gasteiger partial charge < -0.3 is 10.2 Å². The first-order chi connectivity index (χ1) is 12.2. The van der Waals surface area contributed by atoms with Gasteiger partial charge in [-0.3, -0.25) is 9.78 Å². The van der Waals surface area contributed by atoms with Gasteiger partial charge in [0, 0.05) is 24.1 Å². The molecule has 4 nitrogen and oxygen atoms in total. The van der Waals surface area contributed by atoms with Crippen molar-refractivity contribution < 1.29 is 9.18 Å². The number of fused-ring (bicyclic) bond motifs is 1. The molecule has 0 bridgehead atoms. The monoisotopic (exact) mass is 333 g/mol. The number of anilines is 3. The van der Waals surface area contributed by atoms with Gasteiger partial charge in [0.2, 0.25) is 0 Å². The number of para-hydroxylation sites is 1. The number of amides is 1. The molecule has 0 aliphatic carbocycles. The Hall–Kier alpha value is -3.21. The molecule has 0 radical (unpaired) electrons. The molecule has 3 aromatic rings. The minimum atomic E-state index is -0.291. The van der Waals surface area contributed by atoms with E-state index in [4.69, 9.17) is 0 Å². The first-order valence-corrected chi connectivity index (χ1v) is 8.08. The van der Waals surface area contributed by atoms with Gasteiger partial charge in [-0.15, -0.1) is 0 Å². The van der Waals surface area contributed by atoms with E-state index >= 15 is 0 Å². The average molecular weight is 333 g/mol. The van der Waals surface area contributed by atoms with Crippen molar-refractivity contribution in [1.29, 1.82) is 0 Å². The molecule has 0 saturated heterocycles. The van der Waals surface area contributed by atoms with Gasteiger partial charge in [0.25, 0.3) is 5.91 Å². The normalized spacial score (nSPS) is 12.8. The number of hydrogen-bond acceptors (Lipinski definition) is 3. The molecular weight excluding hydrogens is 317 g/mol. The Bertz CT molecular complexity index is 924. The maximum Gasteiger partial charge on any atom is 0.259 e. The van der Waals surface area contributed by atoms with Crippen LogP contribution in [-0.2, 0) is 6.42 Å². The number of benzene rings is 2. The summed E-state index contributed by atoms with van der Waals surface area (Å²) in [5, 5.41) is 3.14. The van der Waals surface area contributed by atoms with E-state index in [1.54, 1.807) is 35.5 Å². The number of rotatable bonds is 3. The zero-order valence-electron chi connectivity index (χ0n) is 13.4. The van der Waals surface area contributed by atoms with Gasteiger partial charge in [0.15, 0.2) is 0 Å². The zero-order chi connectivity index (χ0) is 17.2. The first kappa shape index (κ1) is 15.3. The topological polar surface area (TPSA) is 45.2 Å². The molecule has 1 aliphatic heterocycles. The Morgan fingerprint density at radius 1 is 1.04 bits per heavy atom. The van der Waals surface area contributed by atoms with E-state index in [2.05, 4.69) is 10.3 Å². The van der Waals surface area contributed by atoms with E-state index in [0.29, 0.717) is 17.8 Å². The summed E-state index contributed by atoms with van der Waals surface area (Å²) < 4.78 is 13.0. The molecule has 0 saturated carbocycles. The van der Waals surface area contributed by atoms with Crippen molar-refractivity contribution in [3.8, 4) is 0 Å². The Balaban J connectivity index is 1.57. The summed E-state index contributed by atoms with van der Waals surface area (Å²) >= 11 is 0. The molecule has 124 valence electrons. The molecule has 1 N–H and O–H groups in total. The molecule has 2 aromatic carbocycles. The highest BCUT2D eigenvalue weighted by molar-refractivity contribution is 6.07. The van der Waals surface area contributed by atoms with Gasteiger partial charge in [0.1, 0.15) is 5.82 Å². The largest absolute Gasteiger partial charge is 0.354 e. The molecule has 0 spiro atoms. The third kappa shape index (κ3) is 3.08. The van der Waals surface area contributed by atoms with Crippen molar-refractivity contribution in [1.82, 2.24) is 4.98 Å². The Morgan fingerprint density at radius 2 is 1.84 bits per heavy atom. The summed E-state index contributed by atoms with van der Waals surface area (Å²) in [5.74, 6) is -0.361.